The van der Waals surface area contributed by atoms with Gasteiger partial charge >= 0.3 is 5.97 Å². The quantitative estimate of drug-likeness (QED) is 0.919. The average Bonchev–Trinajstić information content (AvgIpc) is 2.89. The van der Waals surface area contributed by atoms with Crippen LogP contribution < -0.4 is 4.90 Å². The fraction of sp³-hybridized carbons (Fsp3) is 0.125. The lowest BCUT2D eigenvalue weighted by molar-refractivity contribution is 0.0697. The van der Waals surface area contributed by atoms with Crippen molar-refractivity contribution in [3.63, 3.8) is 0 Å². The maximum Gasteiger partial charge on any atom is 0.335 e. The molecular formula is C16H11FN2O2. The number of halogens is 1. The third-order valence-electron chi connectivity index (χ3n) is 3.60. The molecule has 5 heteroatoms. The number of carbonyl (C=O) groups is 1. The summed E-state index contributed by atoms with van der Waals surface area (Å²) in [6.45, 7) is 1.09. The van der Waals surface area contributed by atoms with Gasteiger partial charge in [-0.2, -0.15) is 5.26 Å². The molecule has 1 heterocycles. The normalized spacial score (nSPS) is 12.9. The molecule has 0 saturated heterocycles. The van der Waals surface area contributed by atoms with Crippen LogP contribution in [0.4, 0.5) is 10.1 Å². The van der Waals surface area contributed by atoms with Gasteiger partial charge in [-0.1, -0.05) is 6.07 Å². The van der Waals surface area contributed by atoms with Crippen LogP contribution in [0.5, 0.6) is 0 Å². The standard InChI is InChI=1S/C16H11FN2O2/c17-14-3-4-15(12(6-14)7-18)19-8-11-2-1-10(16(20)21)5-13(11)9-19/h1-6H,8-9H2,(H,20,21). The van der Waals surface area contributed by atoms with Gasteiger partial charge in [-0.15, -0.1) is 0 Å². The summed E-state index contributed by atoms with van der Waals surface area (Å²) in [5, 5.41) is 18.1. The number of aromatic carboxylic acids is 1. The van der Waals surface area contributed by atoms with Crippen LogP contribution in [0.3, 0.4) is 0 Å². The van der Waals surface area contributed by atoms with Crippen LogP contribution in [0.25, 0.3) is 0 Å². The van der Waals surface area contributed by atoms with Crippen molar-refractivity contribution in [2.75, 3.05) is 4.90 Å². The Morgan fingerprint density at radius 3 is 2.67 bits per heavy atom. The molecule has 0 saturated carbocycles. The van der Waals surface area contributed by atoms with Crippen LogP contribution in [0, 0.1) is 17.1 Å². The molecule has 2 aromatic carbocycles. The van der Waals surface area contributed by atoms with E-state index in [2.05, 4.69) is 0 Å². The van der Waals surface area contributed by atoms with E-state index in [1.54, 1.807) is 24.3 Å². The first-order chi connectivity index (χ1) is 10.1. The minimum absolute atomic E-state index is 0.246. The number of hydrogen-bond donors (Lipinski definition) is 1. The molecule has 0 unspecified atom stereocenters. The van der Waals surface area contributed by atoms with Gasteiger partial charge in [-0.3, -0.25) is 0 Å². The number of rotatable bonds is 2. The van der Waals surface area contributed by atoms with Gasteiger partial charge in [0.05, 0.1) is 16.8 Å². The van der Waals surface area contributed by atoms with E-state index in [4.69, 9.17) is 10.4 Å². The largest absolute Gasteiger partial charge is 0.478 e. The Hall–Kier alpha value is -2.87. The first kappa shape index (κ1) is 13.1. The summed E-state index contributed by atoms with van der Waals surface area (Å²) >= 11 is 0. The Labute approximate surface area is 120 Å². The summed E-state index contributed by atoms with van der Waals surface area (Å²) in [5.41, 5.74) is 3.12. The molecule has 1 N–H and O–H groups in total. The van der Waals surface area contributed by atoms with Gasteiger partial charge in [0.15, 0.2) is 0 Å². The highest BCUT2D eigenvalue weighted by molar-refractivity contribution is 5.88. The molecule has 2 aromatic rings. The molecule has 21 heavy (non-hydrogen) atoms. The van der Waals surface area contributed by atoms with E-state index in [9.17, 15) is 9.18 Å². The van der Waals surface area contributed by atoms with E-state index in [1.807, 2.05) is 11.0 Å². The monoisotopic (exact) mass is 282 g/mol. The van der Waals surface area contributed by atoms with Crippen LogP contribution in [-0.4, -0.2) is 11.1 Å². The highest BCUT2D eigenvalue weighted by Gasteiger charge is 2.22. The number of benzene rings is 2. The number of nitrogens with zero attached hydrogens (tertiary/aromatic N) is 2. The van der Waals surface area contributed by atoms with Crippen molar-refractivity contribution in [3.05, 3.63) is 64.5 Å². The van der Waals surface area contributed by atoms with E-state index in [1.165, 1.54) is 12.1 Å². The first-order valence-electron chi connectivity index (χ1n) is 6.38. The van der Waals surface area contributed by atoms with E-state index < -0.39 is 11.8 Å². The van der Waals surface area contributed by atoms with Crippen LogP contribution in [0.15, 0.2) is 36.4 Å². The molecule has 4 nitrogen and oxygen atoms in total. The smallest absolute Gasteiger partial charge is 0.335 e. The van der Waals surface area contributed by atoms with Crippen molar-refractivity contribution in [2.45, 2.75) is 13.1 Å². The minimum Gasteiger partial charge on any atom is -0.478 e. The third-order valence-corrected chi connectivity index (χ3v) is 3.60. The van der Waals surface area contributed by atoms with Gasteiger partial charge in [0, 0.05) is 13.1 Å². The number of carboxylic acid groups (broad SMARTS) is 1. The van der Waals surface area contributed by atoms with Gasteiger partial charge in [0.2, 0.25) is 0 Å². The lowest BCUT2D eigenvalue weighted by Gasteiger charge is -2.19. The topological polar surface area (TPSA) is 64.3 Å². The second-order valence-corrected chi connectivity index (χ2v) is 4.92. The van der Waals surface area contributed by atoms with Crippen molar-refractivity contribution < 1.29 is 14.3 Å². The van der Waals surface area contributed by atoms with Crippen LogP contribution in [0.2, 0.25) is 0 Å². The van der Waals surface area contributed by atoms with Gasteiger partial charge in [-0.05, 0) is 41.5 Å². The molecule has 0 amide bonds. The Balaban J connectivity index is 1.95. The number of anilines is 1. The zero-order valence-electron chi connectivity index (χ0n) is 11.0. The lowest BCUT2D eigenvalue weighted by Crippen LogP contribution is -2.15. The molecule has 0 spiro atoms. The van der Waals surface area contributed by atoms with Gasteiger partial charge in [0.25, 0.3) is 0 Å². The maximum absolute atomic E-state index is 13.2. The fourth-order valence-electron chi connectivity index (χ4n) is 2.57. The third kappa shape index (κ3) is 2.32. The maximum atomic E-state index is 13.2. The predicted molar refractivity (Wildman–Crippen MR) is 74.4 cm³/mol. The predicted octanol–water partition coefficient (Wildman–Crippen LogP) is 2.92. The van der Waals surface area contributed by atoms with Crippen LogP contribution in [0.1, 0.15) is 27.0 Å². The Kier molecular flexibility index (Phi) is 3.07. The van der Waals surface area contributed by atoms with Crippen LogP contribution >= 0.6 is 0 Å². The second kappa shape index (κ2) is 4.91. The van der Waals surface area contributed by atoms with Crippen LogP contribution in [-0.2, 0) is 13.1 Å². The fourth-order valence-corrected chi connectivity index (χ4v) is 2.57. The molecule has 0 atom stereocenters. The molecule has 1 aliphatic heterocycles. The van der Waals surface area contributed by atoms with Crippen molar-refractivity contribution in [1.29, 1.82) is 5.26 Å². The number of nitriles is 1. The van der Waals surface area contributed by atoms with Crippen molar-refractivity contribution in [2.24, 2.45) is 0 Å². The molecule has 0 aromatic heterocycles. The Morgan fingerprint density at radius 1 is 1.19 bits per heavy atom. The van der Waals surface area contributed by atoms with Crippen molar-refractivity contribution in [1.82, 2.24) is 0 Å². The van der Waals surface area contributed by atoms with Crippen molar-refractivity contribution >= 4 is 11.7 Å². The highest BCUT2D eigenvalue weighted by atomic mass is 19.1. The summed E-state index contributed by atoms with van der Waals surface area (Å²) in [6.07, 6.45) is 0. The zero-order valence-corrected chi connectivity index (χ0v) is 11.0. The average molecular weight is 282 g/mol. The summed E-state index contributed by atoms with van der Waals surface area (Å²) in [6, 6.07) is 11.1. The molecule has 3 rings (SSSR count). The lowest BCUT2D eigenvalue weighted by atomic mass is 10.1. The van der Waals surface area contributed by atoms with E-state index in [0.717, 1.165) is 11.1 Å². The van der Waals surface area contributed by atoms with E-state index in [-0.39, 0.29) is 11.1 Å². The van der Waals surface area contributed by atoms with Gasteiger partial charge in [-0.25, -0.2) is 9.18 Å². The summed E-state index contributed by atoms with van der Waals surface area (Å²) in [5.74, 6) is -1.41. The van der Waals surface area contributed by atoms with Gasteiger partial charge in [0.1, 0.15) is 11.9 Å². The molecule has 104 valence electrons. The number of hydrogen-bond acceptors (Lipinski definition) is 3. The summed E-state index contributed by atoms with van der Waals surface area (Å²) in [7, 11) is 0. The SMILES string of the molecule is N#Cc1cc(F)ccc1N1Cc2ccc(C(=O)O)cc2C1. The molecular weight excluding hydrogens is 271 g/mol. The molecule has 0 radical (unpaired) electrons. The zero-order chi connectivity index (χ0) is 15.0. The molecule has 0 aliphatic carbocycles. The summed E-state index contributed by atoms with van der Waals surface area (Å²) in [4.78, 5) is 12.9. The van der Waals surface area contributed by atoms with E-state index >= 15 is 0 Å². The first-order valence-corrected chi connectivity index (χ1v) is 6.38. The second-order valence-electron chi connectivity index (χ2n) is 4.92. The van der Waals surface area contributed by atoms with Gasteiger partial charge < -0.3 is 10.0 Å². The van der Waals surface area contributed by atoms with E-state index in [0.29, 0.717) is 18.8 Å². The Bertz CT molecular complexity index is 780. The molecule has 0 fully saturated rings. The highest BCUT2D eigenvalue weighted by Crippen LogP contribution is 2.31. The number of fused-ring (bicyclic) bond motifs is 1. The minimum atomic E-state index is -0.962. The Morgan fingerprint density at radius 2 is 1.95 bits per heavy atom. The molecule has 0 bridgehead atoms. The summed E-state index contributed by atoms with van der Waals surface area (Å²) < 4.78 is 13.2. The molecule has 1 aliphatic rings. The number of carboxylic acids is 1. The van der Waals surface area contributed by atoms with Crippen molar-refractivity contribution in [3.8, 4) is 6.07 Å².